The lowest BCUT2D eigenvalue weighted by molar-refractivity contribution is 0.0186. The van der Waals surface area contributed by atoms with Crippen LogP contribution in [0.4, 0.5) is 4.79 Å². The van der Waals surface area contributed by atoms with Crippen molar-refractivity contribution in [2.75, 3.05) is 13.1 Å². The summed E-state index contributed by atoms with van der Waals surface area (Å²) in [6.45, 7) is 13.2. The first-order valence-electron chi connectivity index (χ1n) is 9.25. The normalized spacial score (nSPS) is 15.7. The first-order chi connectivity index (χ1) is 11.8. The second kappa shape index (κ2) is 7.89. The maximum absolute atomic E-state index is 12.1. The number of fused-ring (bicyclic) bond motifs is 1. The number of hydrogen-bond donors (Lipinski definition) is 0. The van der Waals surface area contributed by atoms with Crippen LogP contribution >= 0.6 is 0 Å². The molecule has 0 unspecified atom stereocenters. The maximum atomic E-state index is 12.1. The Balaban J connectivity index is 0.00000109. The Morgan fingerprint density at radius 1 is 1.20 bits per heavy atom. The van der Waals surface area contributed by atoms with Gasteiger partial charge in [0.2, 0.25) is 0 Å². The van der Waals surface area contributed by atoms with Crippen molar-refractivity contribution < 1.29 is 9.53 Å². The van der Waals surface area contributed by atoms with Crippen molar-refractivity contribution >= 4 is 17.0 Å². The Labute approximate surface area is 150 Å². The standard InChI is InChI=1S/C18H25N3O2.C2H6/c1-13-5-6-16-14(11-13)12-19-21(16)15-7-9-20(10-8-15)17(22)23-18(2,3)4;1-2/h5-6,11-12,15H,7-10H2,1-4H3;1-2H3. The number of nitrogens with zero attached hydrogens (tertiary/aromatic N) is 3. The fourth-order valence-corrected chi connectivity index (χ4v) is 3.08. The van der Waals surface area contributed by atoms with E-state index in [9.17, 15) is 4.79 Å². The average molecular weight is 345 g/mol. The van der Waals surface area contributed by atoms with Gasteiger partial charge in [0.15, 0.2) is 0 Å². The minimum atomic E-state index is -0.440. The van der Waals surface area contributed by atoms with E-state index in [1.54, 1.807) is 4.90 Å². The molecule has 1 amide bonds. The molecule has 2 heterocycles. The lowest BCUT2D eigenvalue weighted by atomic mass is 10.1. The molecule has 1 aromatic heterocycles. The highest BCUT2D eigenvalue weighted by Gasteiger charge is 2.28. The average Bonchev–Trinajstić information content (AvgIpc) is 2.98. The number of aromatic nitrogens is 2. The zero-order chi connectivity index (χ0) is 18.6. The van der Waals surface area contributed by atoms with Crippen molar-refractivity contribution in [2.45, 2.75) is 66.0 Å². The van der Waals surface area contributed by atoms with Crippen LogP contribution in [0.15, 0.2) is 24.4 Å². The maximum Gasteiger partial charge on any atom is 0.410 e. The van der Waals surface area contributed by atoms with E-state index < -0.39 is 5.60 Å². The lowest BCUT2D eigenvalue weighted by Gasteiger charge is -2.33. The van der Waals surface area contributed by atoms with Gasteiger partial charge >= 0.3 is 6.09 Å². The number of carbonyl (C=O) groups is 1. The highest BCUT2D eigenvalue weighted by Crippen LogP contribution is 2.27. The smallest absolute Gasteiger partial charge is 0.410 e. The van der Waals surface area contributed by atoms with Crippen molar-refractivity contribution in [3.05, 3.63) is 30.0 Å². The van der Waals surface area contributed by atoms with E-state index in [4.69, 9.17) is 4.74 Å². The van der Waals surface area contributed by atoms with E-state index >= 15 is 0 Å². The van der Waals surface area contributed by atoms with Gasteiger partial charge in [-0.3, -0.25) is 4.68 Å². The lowest BCUT2D eigenvalue weighted by Crippen LogP contribution is -2.42. The molecule has 1 aliphatic rings. The van der Waals surface area contributed by atoms with Gasteiger partial charge in [-0.2, -0.15) is 5.10 Å². The van der Waals surface area contributed by atoms with Gasteiger partial charge in [-0.1, -0.05) is 25.5 Å². The molecule has 3 rings (SSSR count). The highest BCUT2D eigenvalue weighted by molar-refractivity contribution is 5.79. The third kappa shape index (κ3) is 4.74. The number of aryl methyl sites for hydroxylation is 1. The Kier molecular flexibility index (Phi) is 6.09. The topological polar surface area (TPSA) is 47.4 Å². The molecule has 0 bridgehead atoms. The highest BCUT2D eigenvalue weighted by atomic mass is 16.6. The summed E-state index contributed by atoms with van der Waals surface area (Å²) in [6, 6.07) is 6.76. The summed E-state index contributed by atoms with van der Waals surface area (Å²) in [5.74, 6) is 0. The molecule has 2 aromatic rings. The summed E-state index contributed by atoms with van der Waals surface area (Å²) < 4.78 is 7.56. The van der Waals surface area contributed by atoms with E-state index in [0.29, 0.717) is 19.1 Å². The Morgan fingerprint density at radius 3 is 2.44 bits per heavy atom. The number of piperidine rings is 1. The van der Waals surface area contributed by atoms with Crippen molar-refractivity contribution in [3.63, 3.8) is 0 Å². The van der Waals surface area contributed by atoms with Crippen LogP contribution in [-0.2, 0) is 4.74 Å². The molecule has 1 aromatic carbocycles. The largest absolute Gasteiger partial charge is 0.444 e. The van der Waals surface area contributed by atoms with E-state index in [0.717, 1.165) is 12.8 Å². The van der Waals surface area contributed by atoms with Gasteiger partial charge in [-0.25, -0.2) is 4.79 Å². The quantitative estimate of drug-likeness (QED) is 0.735. The van der Waals surface area contributed by atoms with Crippen molar-refractivity contribution in [1.82, 2.24) is 14.7 Å². The number of amides is 1. The van der Waals surface area contributed by atoms with Gasteiger partial charge < -0.3 is 9.64 Å². The first kappa shape index (κ1) is 19.3. The summed E-state index contributed by atoms with van der Waals surface area (Å²) in [4.78, 5) is 13.9. The van der Waals surface area contributed by atoms with Gasteiger partial charge in [0.05, 0.1) is 17.8 Å². The summed E-state index contributed by atoms with van der Waals surface area (Å²) in [6.07, 6.45) is 3.54. The van der Waals surface area contributed by atoms with Crippen LogP contribution in [-0.4, -0.2) is 39.5 Å². The Hall–Kier alpha value is -2.04. The third-order valence-electron chi connectivity index (χ3n) is 4.21. The molecule has 0 aliphatic carbocycles. The van der Waals surface area contributed by atoms with Crippen LogP contribution in [0.25, 0.3) is 10.9 Å². The monoisotopic (exact) mass is 345 g/mol. The minimum absolute atomic E-state index is 0.211. The molecule has 0 spiro atoms. The predicted octanol–water partition coefficient (Wildman–Crippen LogP) is 4.94. The van der Waals surface area contributed by atoms with Crippen LogP contribution in [0.3, 0.4) is 0 Å². The van der Waals surface area contributed by atoms with E-state index in [1.165, 1.54) is 16.5 Å². The Bertz CT molecular complexity index is 707. The number of benzene rings is 1. The molecule has 0 N–H and O–H groups in total. The van der Waals surface area contributed by atoms with Crippen LogP contribution in [0.2, 0.25) is 0 Å². The van der Waals surface area contributed by atoms with E-state index in [1.807, 2.05) is 40.8 Å². The molecule has 5 heteroatoms. The summed E-state index contributed by atoms with van der Waals surface area (Å²) in [7, 11) is 0. The zero-order valence-electron chi connectivity index (χ0n) is 16.4. The number of carbonyl (C=O) groups excluding carboxylic acids is 1. The first-order valence-corrected chi connectivity index (χ1v) is 9.25. The van der Waals surface area contributed by atoms with E-state index in [-0.39, 0.29) is 6.09 Å². The summed E-state index contributed by atoms with van der Waals surface area (Å²) in [5, 5.41) is 5.75. The summed E-state index contributed by atoms with van der Waals surface area (Å²) in [5.41, 5.74) is 1.98. The molecular formula is C20H31N3O2. The Morgan fingerprint density at radius 2 is 1.84 bits per heavy atom. The molecule has 25 heavy (non-hydrogen) atoms. The fourth-order valence-electron chi connectivity index (χ4n) is 3.08. The second-order valence-corrected chi connectivity index (χ2v) is 7.35. The number of hydrogen-bond acceptors (Lipinski definition) is 3. The van der Waals surface area contributed by atoms with Crippen molar-refractivity contribution in [3.8, 4) is 0 Å². The van der Waals surface area contributed by atoms with E-state index in [2.05, 4.69) is 34.9 Å². The van der Waals surface area contributed by atoms with Gasteiger partial charge in [0.1, 0.15) is 5.60 Å². The molecule has 138 valence electrons. The van der Waals surface area contributed by atoms with Crippen molar-refractivity contribution in [2.24, 2.45) is 0 Å². The molecule has 1 fully saturated rings. The van der Waals surface area contributed by atoms with Gasteiger partial charge in [-0.05, 0) is 52.7 Å². The predicted molar refractivity (Wildman–Crippen MR) is 102 cm³/mol. The molecule has 0 radical (unpaired) electrons. The van der Waals surface area contributed by atoms with Gasteiger partial charge in [0.25, 0.3) is 0 Å². The SMILES string of the molecule is CC.Cc1ccc2c(cnn2C2CCN(C(=O)OC(C)(C)C)CC2)c1. The molecule has 1 aliphatic heterocycles. The number of rotatable bonds is 1. The van der Waals surface area contributed by atoms with Crippen LogP contribution in [0.1, 0.15) is 59.1 Å². The summed E-state index contributed by atoms with van der Waals surface area (Å²) >= 11 is 0. The van der Waals surface area contributed by atoms with Crippen molar-refractivity contribution in [1.29, 1.82) is 0 Å². The minimum Gasteiger partial charge on any atom is -0.444 e. The molecule has 0 atom stereocenters. The second-order valence-electron chi connectivity index (χ2n) is 7.35. The molecule has 0 saturated carbocycles. The molecule has 1 saturated heterocycles. The van der Waals surface area contributed by atoms with Crippen LogP contribution < -0.4 is 0 Å². The number of ether oxygens (including phenoxy) is 1. The molecule has 5 nitrogen and oxygen atoms in total. The van der Waals surface area contributed by atoms with Gasteiger partial charge in [-0.15, -0.1) is 0 Å². The fraction of sp³-hybridized carbons (Fsp3) is 0.600. The van der Waals surface area contributed by atoms with Crippen LogP contribution in [0, 0.1) is 6.92 Å². The van der Waals surface area contributed by atoms with Crippen LogP contribution in [0.5, 0.6) is 0 Å². The third-order valence-corrected chi connectivity index (χ3v) is 4.21. The molecular weight excluding hydrogens is 314 g/mol. The number of likely N-dealkylation sites (tertiary alicyclic amines) is 1. The zero-order valence-corrected chi connectivity index (χ0v) is 16.4. The van der Waals surface area contributed by atoms with Gasteiger partial charge in [0, 0.05) is 18.5 Å².